The molecule has 0 aromatic carbocycles. The van der Waals surface area contributed by atoms with Crippen LogP contribution in [0.4, 0.5) is 5.69 Å². The second kappa shape index (κ2) is 7.51. The van der Waals surface area contributed by atoms with Gasteiger partial charge in [0.05, 0.1) is 17.4 Å². The fourth-order valence-electron chi connectivity index (χ4n) is 3.22. The first-order valence-electron chi connectivity index (χ1n) is 9.47. The molecule has 0 spiro atoms. The summed E-state index contributed by atoms with van der Waals surface area (Å²) in [6, 6.07) is 3.43. The van der Waals surface area contributed by atoms with Crippen LogP contribution in [-0.2, 0) is 7.05 Å². The van der Waals surface area contributed by atoms with Crippen molar-refractivity contribution < 1.29 is 9.59 Å². The summed E-state index contributed by atoms with van der Waals surface area (Å²) in [5.41, 5.74) is 3.13. The average Bonchev–Trinajstić information content (AvgIpc) is 3.28. The largest absolute Gasteiger partial charge is 0.329 e. The quantitative estimate of drug-likeness (QED) is 0.513. The molecule has 0 saturated carbocycles. The molecule has 0 aliphatic rings. The van der Waals surface area contributed by atoms with Crippen LogP contribution in [0.5, 0.6) is 0 Å². The Morgan fingerprint density at radius 2 is 1.90 bits per heavy atom. The number of carbonyl (C=O) groups excluding carboxylic acids is 2. The first-order chi connectivity index (χ1) is 14.3. The lowest BCUT2D eigenvalue weighted by Gasteiger charge is -2.07. The highest BCUT2D eigenvalue weighted by Crippen LogP contribution is 2.25. The maximum Gasteiger partial charge on any atom is 0.276 e. The summed E-state index contributed by atoms with van der Waals surface area (Å²) < 4.78 is 3.56. The Kier molecular flexibility index (Phi) is 4.86. The summed E-state index contributed by atoms with van der Waals surface area (Å²) >= 11 is 0. The van der Waals surface area contributed by atoms with Crippen molar-refractivity contribution >= 4 is 28.4 Å². The summed E-state index contributed by atoms with van der Waals surface area (Å²) in [6.45, 7) is 5.90. The number of hydrogen-bond acceptors (Lipinski definition) is 6. The van der Waals surface area contributed by atoms with E-state index < -0.39 is 0 Å². The number of pyridine rings is 1. The molecule has 0 atom stereocenters. The van der Waals surface area contributed by atoms with Crippen molar-refractivity contribution in [2.45, 2.75) is 26.8 Å². The van der Waals surface area contributed by atoms with Crippen molar-refractivity contribution in [1.82, 2.24) is 29.3 Å². The third-order valence-corrected chi connectivity index (χ3v) is 4.90. The minimum absolute atomic E-state index is 0.134. The van der Waals surface area contributed by atoms with Crippen LogP contribution in [0.25, 0.3) is 11.0 Å². The normalized spacial score (nSPS) is 11.2. The van der Waals surface area contributed by atoms with Crippen LogP contribution in [-0.4, -0.2) is 41.0 Å². The van der Waals surface area contributed by atoms with Gasteiger partial charge < -0.3 is 9.88 Å². The molecule has 0 fully saturated rings. The maximum absolute atomic E-state index is 13.2. The van der Waals surface area contributed by atoms with E-state index in [1.165, 1.54) is 18.7 Å². The number of aromatic nitrogens is 6. The summed E-state index contributed by atoms with van der Waals surface area (Å²) in [6.07, 6.45) is 7.86. The summed E-state index contributed by atoms with van der Waals surface area (Å²) in [5, 5.41) is 7.59. The molecule has 0 radical (unpaired) electrons. The molecule has 4 aromatic heterocycles. The molecule has 9 heteroatoms. The number of rotatable bonds is 5. The zero-order valence-corrected chi connectivity index (χ0v) is 17.1. The number of aryl methyl sites for hydroxylation is 2. The minimum atomic E-state index is -0.366. The molecule has 9 nitrogen and oxygen atoms in total. The van der Waals surface area contributed by atoms with Gasteiger partial charge in [-0.1, -0.05) is 0 Å². The van der Waals surface area contributed by atoms with Gasteiger partial charge in [0, 0.05) is 48.3 Å². The predicted octanol–water partition coefficient (Wildman–Crippen LogP) is 2.93. The molecular weight excluding hydrogens is 382 g/mol. The molecule has 0 saturated heterocycles. The van der Waals surface area contributed by atoms with Gasteiger partial charge in [0.25, 0.3) is 5.91 Å². The van der Waals surface area contributed by atoms with E-state index in [0.717, 1.165) is 5.69 Å². The Bertz CT molecular complexity index is 1250. The van der Waals surface area contributed by atoms with Gasteiger partial charge in [-0.3, -0.25) is 19.3 Å². The molecule has 0 aliphatic heterocycles. The molecule has 0 aliphatic carbocycles. The van der Waals surface area contributed by atoms with E-state index in [9.17, 15) is 9.59 Å². The molecule has 0 bridgehead atoms. The van der Waals surface area contributed by atoms with Crippen molar-refractivity contribution in [3.8, 4) is 0 Å². The number of nitrogens with one attached hydrogen (secondary N) is 1. The summed E-state index contributed by atoms with van der Waals surface area (Å²) in [4.78, 5) is 38.2. The van der Waals surface area contributed by atoms with Gasteiger partial charge in [-0.05, 0) is 32.9 Å². The van der Waals surface area contributed by atoms with Crippen LogP contribution in [0.15, 0.2) is 43.2 Å². The standard InChI is InChI=1S/C21H21N7O2/c1-12(2)28-10-17(16-9-23-11-24-20(16)28)19(29)14-6-15(8-22-7-14)25-21(30)18-5-13(3)27(4)26-18/h5-12H,1-4H3,(H,25,30). The van der Waals surface area contributed by atoms with Gasteiger partial charge in [-0.2, -0.15) is 5.10 Å². The smallest absolute Gasteiger partial charge is 0.276 e. The zero-order chi connectivity index (χ0) is 21.4. The molecule has 4 heterocycles. The molecule has 30 heavy (non-hydrogen) atoms. The number of ketones is 1. The number of anilines is 1. The van der Waals surface area contributed by atoms with Crippen LogP contribution >= 0.6 is 0 Å². The Balaban J connectivity index is 1.65. The van der Waals surface area contributed by atoms with Crippen LogP contribution in [0.2, 0.25) is 0 Å². The van der Waals surface area contributed by atoms with Crippen molar-refractivity contribution in [1.29, 1.82) is 0 Å². The fourth-order valence-corrected chi connectivity index (χ4v) is 3.22. The van der Waals surface area contributed by atoms with Crippen LogP contribution in [0, 0.1) is 6.92 Å². The SMILES string of the molecule is Cc1cc(C(=O)Nc2cncc(C(=O)c3cn(C(C)C)c4ncncc34)c2)nn1C. The molecule has 4 rings (SSSR count). The first-order valence-corrected chi connectivity index (χ1v) is 9.47. The average molecular weight is 403 g/mol. The van der Waals surface area contributed by atoms with Crippen LogP contribution in [0.3, 0.4) is 0 Å². The molecule has 1 N–H and O–H groups in total. The third kappa shape index (κ3) is 3.45. The molecule has 152 valence electrons. The van der Waals surface area contributed by atoms with E-state index in [4.69, 9.17) is 0 Å². The van der Waals surface area contributed by atoms with Gasteiger partial charge in [-0.15, -0.1) is 0 Å². The highest BCUT2D eigenvalue weighted by Gasteiger charge is 2.20. The number of amides is 1. The van der Waals surface area contributed by atoms with E-state index in [0.29, 0.717) is 33.5 Å². The van der Waals surface area contributed by atoms with Crippen molar-refractivity contribution in [3.05, 3.63) is 65.8 Å². The van der Waals surface area contributed by atoms with Gasteiger partial charge in [-0.25, -0.2) is 9.97 Å². The monoisotopic (exact) mass is 403 g/mol. The van der Waals surface area contributed by atoms with Crippen molar-refractivity contribution in [2.75, 3.05) is 5.32 Å². The van der Waals surface area contributed by atoms with Crippen molar-refractivity contribution in [2.24, 2.45) is 7.05 Å². The van der Waals surface area contributed by atoms with Crippen LogP contribution in [0.1, 0.15) is 52.0 Å². The van der Waals surface area contributed by atoms with E-state index in [1.807, 2.05) is 25.3 Å². The number of carbonyl (C=O) groups is 2. The summed E-state index contributed by atoms with van der Waals surface area (Å²) in [7, 11) is 1.77. The first kappa shape index (κ1) is 19.4. The minimum Gasteiger partial charge on any atom is -0.329 e. The highest BCUT2D eigenvalue weighted by molar-refractivity contribution is 6.16. The zero-order valence-electron chi connectivity index (χ0n) is 17.1. The second-order valence-corrected chi connectivity index (χ2v) is 7.34. The molecule has 4 aromatic rings. The lowest BCUT2D eigenvalue weighted by Crippen LogP contribution is -2.14. The van der Waals surface area contributed by atoms with E-state index in [1.54, 1.807) is 36.3 Å². The van der Waals surface area contributed by atoms with E-state index >= 15 is 0 Å². The number of fused-ring (bicyclic) bond motifs is 1. The topological polar surface area (TPSA) is 108 Å². The highest BCUT2D eigenvalue weighted by atomic mass is 16.2. The Morgan fingerprint density at radius 3 is 2.60 bits per heavy atom. The lowest BCUT2D eigenvalue weighted by molar-refractivity contribution is 0.101. The van der Waals surface area contributed by atoms with Crippen molar-refractivity contribution in [3.63, 3.8) is 0 Å². The second-order valence-electron chi connectivity index (χ2n) is 7.34. The molecule has 1 amide bonds. The van der Waals surface area contributed by atoms with E-state index in [-0.39, 0.29) is 17.7 Å². The molecule has 0 unspecified atom stereocenters. The predicted molar refractivity (Wildman–Crippen MR) is 111 cm³/mol. The Labute approximate surface area is 172 Å². The van der Waals surface area contributed by atoms with Gasteiger partial charge in [0.2, 0.25) is 0 Å². The summed E-state index contributed by atoms with van der Waals surface area (Å²) in [5.74, 6) is -0.582. The van der Waals surface area contributed by atoms with Gasteiger partial charge in [0.15, 0.2) is 11.5 Å². The Morgan fingerprint density at radius 1 is 1.10 bits per heavy atom. The van der Waals surface area contributed by atoms with Gasteiger partial charge in [0.1, 0.15) is 12.0 Å². The Hall–Kier alpha value is -3.88. The van der Waals surface area contributed by atoms with E-state index in [2.05, 4.69) is 25.4 Å². The molecular formula is C21H21N7O2. The van der Waals surface area contributed by atoms with Crippen LogP contribution < -0.4 is 5.32 Å². The maximum atomic E-state index is 13.2. The lowest BCUT2D eigenvalue weighted by atomic mass is 10.1. The number of hydrogen-bond donors (Lipinski definition) is 1. The third-order valence-electron chi connectivity index (χ3n) is 4.90. The van der Waals surface area contributed by atoms with Gasteiger partial charge >= 0.3 is 0 Å². The fraction of sp³-hybridized carbons (Fsp3) is 0.238. The number of nitrogens with zero attached hydrogens (tertiary/aromatic N) is 6.